The van der Waals surface area contributed by atoms with E-state index in [2.05, 4.69) is 0 Å². The number of nitriles is 1. The first kappa shape index (κ1) is 15.2. The van der Waals surface area contributed by atoms with E-state index in [9.17, 15) is 4.79 Å². The minimum absolute atomic E-state index is 0. The van der Waals surface area contributed by atoms with Gasteiger partial charge < -0.3 is 4.79 Å². The van der Waals surface area contributed by atoms with Gasteiger partial charge >= 0.3 is 29.6 Å². The fourth-order valence-corrected chi connectivity index (χ4v) is 1.71. The molecule has 15 heavy (non-hydrogen) atoms. The molecular formula is C9H4Cl3NNaO+. The van der Waals surface area contributed by atoms with E-state index in [1.165, 1.54) is 12.1 Å². The van der Waals surface area contributed by atoms with E-state index in [0.717, 1.165) is 0 Å². The first-order valence-electron chi connectivity index (χ1n) is 3.59. The van der Waals surface area contributed by atoms with E-state index in [-0.39, 0.29) is 39.6 Å². The predicted molar refractivity (Wildman–Crippen MR) is 55.9 cm³/mol. The third kappa shape index (κ3) is 3.64. The normalized spacial score (nSPS) is 11.1. The van der Waals surface area contributed by atoms with E-state index in [1.54, 1.807) is 6.07 Å². The van der Waals surface area contributed by atoms with Gasteiger partial charge in [-0.1, -0.05) is 34.8 Å². The molecule has 0 N–H and O–H groups in total. The van der Waals surface area contributed by atoms with Gasteiger partial charge in [-0.15, -0.1) is 0 Å². The molecule has 0 aliphatic carbocycles. The summed E-state index contributed by atoms with van der Waals surface area (Å²) in [6.45, 7) is 0. The van der Waals surface area contributed by atoms with Crippen molar-refractivity contribution in [2.24, 2.45) is 0 Å². The molecule has 0 heterocycles. The Bertz CT molecular complexity index is 417. The standard InChI is InChI=1S/C9H4Cl3NO.Na/c10-6-1-7(5(3-13)4-14)9(12)8(11)2-6;/h1-2,4-5H;/q;+1. The van der Waals surface area contributed by atoms with Crippen molar-refractivity contribution in [2.75, 3.05) is 0 Å². The van der Waals surface area contributed by atoms with Crippen LogP contribution in [-0.2, 0) is 4.79 Å². The van der Waals surface area contributed by atoms with Gasteiger partial charge in [0.15, 0.2) is 0 Å². The number of aldehydes is 1. The van der Waals surface area contributed by atoms with Gasteiger partial charge in [0.05, 0.1) is 16.1 Å². The Balaban J connectivity index is 0.00000196. The van der Waals surface area contributed by atoms with Crippen LogP contribution in [0.2, 0.25) is 15.1 Å². The van der Waals surface area contributed by atoms with Crippen LogP contribution >= 0.6 is 34.8 Å². The summed E-state index contributed by atoms with van der Waals surface area (Å²) in [6.07, 6.45) is 0.494. The zero-order valence-corrected chi connectivity index (χ0v) is 12.1. The van der Waals surface area contributed by atoms with Crippen LogP contribution in [0.3, 0.4) is 0 Å². The van der Waals surface area contributed by atoms with E-state index in [4.69, 9.17) is 40.1 Å². The number of halogens is 3. The van der Waals surface area contributed by atoms with E-state index >= 15 is 0 Å². The average molecular weight is 271 g/mol. The van der Waals surface area contributed by atoms with Gasteiger partial charge in [0, 0.05) is 5.02 Å². The topological polar surface area (TPSA) is 40.9 Å². The molecule has 0 aliphatic heterocycles. The molecule has 0 bridgehead atoms. The van der Waals surface area contributed by atoms with Crippen LogP contribution in [0.4, 0.5) is 0 Å². The molecule has 0 fully saturated rings. The molecule has 0 saturated heterocycles. The molecular weight excluding hydrogens is 267 g/mol. The first-order valence-corrected chi connectivity index (χ1v) is 4.73. The predicted octanol–water partition coefficient (Wildman–Crippen LogP) is 0.457. The molecule has 0 radical (unpaired) electrons. The summed E-state index contributed by atoms with van der Waals surface area (Å²) in [7, 11) is 0. The summed E-state index contributed by atoms with van der Waals surface area (Å²) in [4.78, 5) is 10.5. The maximum Gasteiger partial charge on any atom is 1.00 e. The number of carbonyl (C=O) groups is 1. The maximum atomic E-state index is 10.5. The minimum Gasteiger partial charge on any atom is -0.302 e. The molecule has 0 aliphatic rings. The Kier molecular flexibility index (Phi) is 6.86. The van der Waals surface area contributed by atoms with Crippen LogP contribution in [0, 0.1) is 11.3 Å². The fraction of sp³-hybridized carbons (Fsp3) is 0.111. The Morgan fingerprint density at radius 1 is 1.33 bits per heavy atom. The van der Waals surface area contributed by atoms with Crippen molar-refractivity contribution in [3.05, 3.63) is 32.8 Å². The van der Waals surface area contributed by atoms with E-state index in [0.29, 0.717) is 16.9 Å². The number of nitrogens with zero attached hydrogens (tertiary/aromatic N) is 1. The zero-order valence-electron chi connectivity index (χ0n) is 7.80. The number of carbonyl (C=O) groups excluding carboxylic acids is 1. The molecule has 1 aromatic carbocycles. The Morgan fingerprint density at radius 3 is 2.40 bits per heavy atom. The number of hydrogen-bond donors (Lipinski definition) is 0. The quantitative estimate of drug-likeness (QED) is 0.445. The summed E-state index contributed by atoms with van der Waals surface area (Å²) in [5.74, 6) is -0.932. The van der Waals surface area contributed by atoms with Gasteiger partial charge in [-0.25, -0.2) is 0 Å². The molecule has 1 aromatic rings. The Morgan fingerprint density at radius 2 is 1.93 bits per heavy atom. The van der Waals surface area contributed by atoms with Gasteiger partial charge in [0.25, 0.3) is 0 Å². The number of rotatable bonds is 2. The maximum absolute atomic E-state index is 10.5. The van der Waals surface area contributed by atoms with Crippen LogP contribution in [-0.4, -0.2) is 6.29 Å². The van der Waals surface area contributed by atoms with Crippen molar-refractivity contribution in [1.82, 2.24) is 0 Å². The van der Waals surface area contributed by atoms with Crippen LogP contribution in [0.1, 0.15) is 11.5 Å². The van der Waals surface area contributed by atoms with Gasteiger partial charge in [0.2, 0.25) is 0 Å². The van der Waals surface area contributed by atoms with Crippen molar-refractivity contribution in [3.63, 3.8) is 0 Å². The summed E-state index contributed by atoms with van der Waals surface area (Å²) in [6, 6.07) is 4.70. The fourth-order valence-electron chi connectivity index (χ4n) is 0.975. The van der Waals surface area contributed by atoms with Crippen molar-refractivity contribution in [2.45, 2.75) is 5.92 Å². The van der Waals surface area contributed by atoms with Gasteiger partial charge in [0.1, 0.15) is 12.2 Å². The molecule has 1 unspecified atom stereocenters. The van der Waals surface area contributed by atoms with Crippen molar-refractivity contribution < 1.29 is 34.4 Å². The molecule has 0 saturated carbocycles. The first-order chi connectivity index (χ1) is 6.60. The Hall–Kier alpha value is 0.250. The van der Waals surface area contributed by atoms with Gasteiger partial charge in [-0.2, -0.15) is 5.26 Å². The van der Waals surface area contributed by atoms with E-state index in [1.807, 2.05) is 0 Å². The number of benzene rings is 1. The summed E-state index contributed by atoms with van der Waals surface area (Å²) < 4.78 is 0. The van der Waals surface area contributed by atoms with E-state index < -0.39 is 5.92 Å². The molecule has 72 valence electrons. The number of hydrogen-bond acceptors (Lipinski definition) is 2. The van der Waals surface area contributed by atoms with Crippen LogP contribution in [0.5, 0.6) is 0 Å². The molecule has 2 nitrogen and oxygen atoms in total. The summed E-state index contributed by atoms with van der Waals surface area (Å²) in [5, 5.41) is 9.43. The molecule has 1 rings (SSSR count). The van der Waals surface area contributed by atoms with Gasteiger partial charge in [-0.05, 0) is 17.7 Å². The second kappa shape index (κ2) is 6.75. The second-order valence-electron chi connectivity index (χ2n) is 2.53. The largest absolute Gasteiger partial charge is 1.00 e. The molecule has 0 amide bonds. The average Bonchev–Trinajstić information content (AvgIpc) is 2.15. The third-order valence-corrected chi connectivity index (χ3v) is 2.67. The smallest absolute Gasteiger partial charge is 0.302 e. The van der Waals surface area contributed by atoms with Crippen LogP contribution < -0.4 is 29.6 Å². The van der Waals surface area contributed by atoms with Crippen molar-refractivity contribution in [1.29, 1.82) is 5.26 Å². The van der Waals surface area contributed by atoms with Crippen LogP contribution in [0.15, 0.2) is 12.1 Å². The molecule has 1 atom stereocenters. The zero-order chi connectivity index (χ0) is 10.7. The van der Waals surface area contributed by atoms with Crippen molar-refractivity contribution in [3.8, 4) is 6.07 Å². The SMILES string of the molecule is N#CC(C=O)c1cc(Cl)cc(Cl)c1Cl.[Na+]. The van der Waals surface area contributed by atoms with Gasteiger partial charge in [-0.3, -0.25) is 0 Å². The monoisotopic (exact) mass is 270 g/mol. The Labute approximate surface area is 124 Å². The summed E-state index contributed by atoms with van der Waals surface area (Å²) >= 11 is 17.3. The molecule has 6 heteroatoms. The second-order valence-corrected chi connectivity index (χ2v) is 3.76. The van der Waals surface area contributed by atoms with Crippen LogP contribution in [0.25, 0.3) is 0 Å². The minimum atomic E-state index is -0.932. The van der Waals surface area contributed by atoms with Crippen molar-refractivity contribution >= 4 is 41.1 Å². The summed E-state index contributed by atoms with van der Waals surface area (Å²) in [5.41, 5.74) is 0.335. The molecule has 0 spiro atoms. The molecule has 0 aromatic heterocycles. The third-order valence-electron chi connectivity index (χ3n) is 1.63.